The first-order valence-corrected chi connectivity index (χ1v) is 7.73. The van der Waals surface area contributed by atoms with Crippen LogP contribution < -0.4 is 5.32 Å². The Morgan fingerprint density at radius 1 is 1.30 bits per heavy atom. The van der Waals surface area contributed by atoms with Crippen molar-refractivity contribution in [3.63, 3.8) is 0 Å². The van der Waals surface area contributed by atoms with Crippen LogP contribution in [0.25, 0.3) is 5.82 Å². The number of aryl methyl sites for hydroxylation is 1. The number of anilines is 1. The fourth-order valence-electron chi connectivity index (χ4n) is 1.85. The van der Waals surface area contributed by atoms with Crippen LogP contribution in [0.15, 0.2) is 48.1 Å². The van der Waals surface area contributed by atoms with Crippen molar-refractivity contribution in [2.24, 2.45) is 0 Å². The third kappa shape index (κ3) is 3.89. The summed E-state index contributed by atoms with van der Waals surface area (Å²) in [7, 11) is 0. The van der Waals surface area contributed by atoms with Gasteiger partial charge in [-0.25, -0.2) is 15.0 Å². The number of imidazole rings is 1. The van der Waals surface area contributed by atoms with Crippen LogP contribution in [-0.4, -0.2) is 41.4 Å². The van der Waals surface area contributed by atoms with Crippen LogP contribution in [-0.2, 0) is 4.79 Å². The highest BCUT2D eigenvalue weighted by molar-refractivity contribution is 7.99. The summed E-state index contributed by atoms with van der Waals surface area (Å²) in [5, 5.41) is 11.1. The number of thioether (sulfide) groups is 1. The summed E-state index contributed by atoms with van der Waals surface area (Å²) >= 11 is 1.31. The summed E-state index contributed by atoms with van der Waals surface area (Å²) < 4.78 is 1.81. The Labute approximate surface area is 136 Å². The zero-order valence-electron chi connectivity index (χ0n) is 12.2. The van der Waals surface area contributed by atoms with Gasteiger partial charge in [-0.15, -0.1) is 5.10 Å². The predicted molar refractivity (Wildman–Crippen MR) is 85.3 cm³/mol. The van der Waals surface area contributed by atoms with E-state index in [1.54, 1.807) is 36.8 Å². The molecule has 0 saturated carbocycles. The van der Waals surface area contributed by atoms with Crippen LogP contribution >= 0.6 is 11.8 Å². The molecule has 0 aliphatic carbocycles. The zero-order valence-corrected chi connectivity index (χ0v) is 13.1. The number of carbonyl (C=O) groups is 1. The largest absolute Gasteiger partial charge is 0.310 e. The lowest BCUT2D eigenvalue weighted by Gasteiger charge is -2.07. The number of hydrogen-bond donors (Lipinski definition) is 1. The van der Waals surface area contributed by atoms with Crippen molar-refractivity contribution in [2.75, 3.05) is 11.1 Å². The van der Waals surface area contributed by atoms with E-state index < -0.39 is 0 Å². The molecule has 1 N–H and O–H groups in total. The van der Waals surface area contributed by atoms with Crippen molar-refractivity contribution >= 4 is 23.5 Å². The third-order valence-electron chi connectivity index (χ3n) is 2.89. The molecule has 1 amide bonds. The van der Waals surface area contributed by atoms with Crippen LogP contribution in [0.4, 0.5) is 5.82 Å². The fraction of sp³-hybridized carbons (Fsp3) is 0.143. The van der Waals surface area contributed by atoms with Gasteiger partial charge in [0.25, 0.3) is 0 Å². The number of nitrogens with zero attached hydrogens (tertiary/aromatic N) is 6. The summed E-state index contributed by atoms with van der Waals surface area (Å²) in [6.07, 6.45) is 6.48. The lowest BCUT2D eigenvalue weighted by atomic mass is 10.5. The van der Waals surface area contributed by atoms with Gasteiger partial charge in [-0.3, -0.25) is 9.36 Å². The molecule has 0 radical (unpaired) electrons. The predicted octanol–water partition coefficient (Wildman–Crippen LogP) is 1.49. The Morgan fingerprint density at radius 3 is 2.96 bits per heavy atom. The normalized spacial score (nSPS) is 10.5. The number of nitrogens with one attached hydrogen (secondary N) is 1. The molecule has 8 nitrogen and oxygen atoms in total. The van der Waals surface area contributed by atoms with Gasteiger partial charge in [0.1, 0.15) is 28.8 Å². The SMILES string of the molecule is Cc1nccn1-c1cc(NC(=O)CSc2cccnn2)ncn1. The molecule has 3 aromatic heterocycles. The van der Waals surface area contributed by atoms with Gasteiger partial charge in [-0.05, 0) is 19.1 Å². The lowest BCUT2D eigenvalue weighted by molar-refractivity contribution is -0.113. The molecule has 116 valence electrons. The van der Waals surface area contributed by atoms with Gasteiger partial charge in [0.15, 0.2) is 0 Å². The van der Waals surface area contributed by atoms with Crippen molar-refractivity contribution in [1.29, 1.82) is 0 Å². The molecule has 3 heterocycles. The highest BCUT2D eigenvalue weighted by Crippen LogP contribution is 2.14. The lowest BCUT2D eigenvalue weighted by Crippen LogP contribution is -2.15. The second-order valence-corrected chi connectivity index (χ2v) is 5.50. The van der Waals surface area contributed by atoms with Crippen molar-refractivity contribution in [1.82, 2.24) is 29.7 Å². The highest BCUT2D eigenvalue weighted by Gasteiger charge is 2.08. The van der Waals surface area contributed by atoms with E-state index in [2.05, 4.69) is 30.5 Å². The zero-order chi connectivity index (χ0) is 16.1. The molecule has 3 aromatic rings. The molecule has 0 unspecified atom stereocenters. The molecule has 0 aliphatic rings. The topological polar surface area (TPSA) is 98.5 Å². The van der Waals surface area contributed by atoms with E-state index in [1.165, 1.54) is 18.1 Å². The van der Waals surface area contributed by atoms with Crippen molar-refractivity contribution in [3.05, 3.63) is 48.9 Å². The quantitative estimate of drug-likeness (QED) is 0.709. The van der Waals surface area contributed by atoms with Gasteiger partial charge in [-0.2, -0.15) is 5.10 Å². The first-order chi connectivity index (χ1) is 11.2. The molecule has 0 bridgehead atoms. The molecule has 0 atom stereocenters. The van der Waals surface area contributed by atoms with Gasteiger partial charge in [-0.1, -0.05) is 11.8 Å². The van der Waals surface area contributed by atoms with E-state index in [0.717, 1.165) is 5.82 Å². The van der Waals surface area contributed by atoms with Crippen LogP contribution in [0.1, 0.15) is 5.82 Å². The average Bonchev–Trinajstić information content (AvgIpc) is 3.00. The average molecular weight is 327 g/mol. The van der Waals surface area contributed by atoms with Crippen LogP contribution in [0.2, 0.25) is 0 Å². The molecule has 23 heavy (non-hydrogen) atoms. The minimum atomic E-state index is -0.173. The molecule has 0 saturated heterocycles. The van der Waals surface area contributed by atoms with Crippen LogP contribution in [0.5, 0.6) is 0 Å². The summed E-state index contributed by atoms with van der Waals surface area (Å²) in [6, 6.07) is 5.27. The Bertz CT molecular complexity index is 806. The second kappa shape index (κ2) is 6.97. The standard InChI is InChI=1S/C14H13N7OS/c1-10-15-5-6-21(10)12-7-11(16-9-17-12)19-13(22)8-23-14-3-2-4-18-20-14/h2-7,9H,8H2,1H3,(H,16,17,19,22). The molecule has 0 aromatic carbocycles. The number of carbonyl (C=O) groups excluding carboxylic acids is 1. The Balaban J connectivity index is 1.64. The summed E-state index contributed by atoms with van der Waals surface area (Å²) in [5.74, 6) is 1.94. The number of hydrogen-bond acceptors (Lipinski definition) is 7. The smallest absolute Gasteiger partial charge is 0.235 e. The molecule has 0 spiro atoms. The van der Waals surface area contributed by atoms with Crippen molar-refractivity contribution in [2.45, 2.75) is 11.9 Å². The summed E-state index contributed by atoms with van der Waals surface area (Å²) in [6.45, 7) is 1.87. The maximum Gasteiger partial charge on any atom is 0.235 e. The van der Waals surface area contributed by atoms with Gasteiger partial charge in [0.05, 0.1) is 5.75 Å². The first-order valence-electron chi connectivity index (χ1n) is 6.75. The minimum absolute atomic E-state index is 0.173. The van der Waals surface area contributed by atoms with E-state index in [-0.39, 0.29) is 11.7 Å². The van der Waals surface area contributed by atoms with Gasteiger partial charge >= 0.3 is 0 Å². The maximum absolute atomic E-state index is 12.0. The molecular weight excluding hydrogens is 314 g/mol. The summed E-state index contributed by atoms with van der Waals surface area (Å²) in [5.41, 5.74) is 0. The van der Waals surface area contributed by atoms with E-state index in [9.17, 15) is 4.79 Å². The number of aromatic nitrogens is 6. The highest BCUT2D eigenvalue weighted by atomic mass is 32.2. The number of amides is 1. The molecule has 0 fully saturated rings. The fourth-order valence-corrected chi connectivity index (χ4v) is 2.48. The Morgan fingerprint density at radius 2 is 2.22 bits per heavy atom. The first kappa shape index (κ1) is 15.1. The van der Waals surface area contributed by atoms with E-state index in [4.69, 9.17) is 0 Å². The number of rotatable bonds is 5. The maximum atomic E-state index is 12.0. The van der Waals surface area contributed by atoms with Crippen molar-refractivity contribution in [3.8, 4) is 5.82 Å². The van der Waals surface area contributed by atoms with Gasteiger partial charge < -0.3 is 5.32 Å². The van der Waals surface area contributed by atoms with Gasteiger partial charge in [0.2, 0.25) is 5.91 Å². The summed E-state index contributed by atoms with van der Waals surface area (Å²) in [4.78, 5) is 24.4. The third-order valence-corrected chi connectivity index (χ3v) is 3.81. The minimum Gasteiger partial charge on any atom is -0.310 e. The van der Waals surface area contributed by atoms with E-state index >= 15 is 0 Å². The van der Waals surface area contributed by atoms with E-state index in [1.807, 2.05) is 11.5 Å². The Kier molecular flexibility index (Phi) is 4.57. The molecular formula is C14H13N7OS. The molecule has 0 aliphatic heterocycles. The molecule has 3 rings (SSSR count). The second-order valence-electron chi connectivity index (χ2n) is 4.50. The van der Waals surface area contributed by atoms with E-state index in [0.29, 0.717) is 16.7 Å². The van der Waals surface area contributed by atoms with Crippen molar-refractivity contribution < 1.29 is 4.79 Å². The van der Waals surface area contributed by atoms with Crippen LogP contribution in [0, 0.1) is 6.92 Å². The van der Waals surface area contributed by atoms with Crippen LogP contribution in [0.3, 0.4) is 0 Å². The Hall–Kier alpha value is -2.81. The molecule has 9 heteroatoms. The van der Waals surface area contributed by atoms with Gasteiger partial charge in [0, 0.05) is 24.7 Å². The monoisotopic (exact) mass is 327 g/mol.